The fourth-order valence-corrected chi connectivity index (χ4v) is 2.01. The predicted octanol–water partition coefficient (Wildman–Crippen LogP) is 1.66. The van der Waals surface area contributed by atoms with E-state index in [1.807, 2.05) is 19.1 Å². The van der Waals surface area contributed by atoms with Gasteiger partial charge in [-0.2, -0.15) is 0 Å². The SMILES string of the molecule is Cc1ccnc(Nc2ncnc(NNC(=O)c3cccnc3)c2N)c1. The smallest absolute Gasteiger partial charge is 0.271 e. The van der Waals surface area contributed by atoms with Crippen LogP contribution in [0.25, 0.3) is 0 Å². The van der Waals surface area contributed by atoms with Crippen LogP contribution in [0.1, 0.15) is 15.9 Å². The normalized spacial score (nSPS) is 10.1. The van der Waals surface area contributed by atoms with Gasteiger partial charge in [0.1, 0.15) is 17.8 Å². The van der Waals surface area contributed by atoms with Gasteiger partial charge in [-0.15, -0.1) is 0 Å². The number of rotatable bonds is 5. The van der Waals surface area contributed by atoms with Crippen LogP contribution in [0, 0.1) is 6.92 Å². The number of nitrogen functional groups attached to an aromatic ring is 1. The fraction of sp³-hybridized carbons (Fsp3) is 0.0625. The zero-order valence-corrected chi connectivity index (χ0v) is 13.4. The molecule has 25 heavy (non-hydrogen) atoms. The first-order valence-electron chi connectivity index (χ1n) is 7.40. The van der Waals surface area contributed by atoms with Crippen LogP contribution in [-0.2, 0) is 0 Å². The highest BCUT2D eigenvalue weighted by Gasteiger charge is 2.11. The second-order valence-corrected chi connectivity index (χ2v) is 5.15. The van der Waals surface area contributed by atoms with Gasteiger partial charge in [0.25, 0.3) is 5.91 Å². The van der Waals surface area contributed by atoms with E-state index in [2.05, 4.69) is 36.1 Å². The minimum Gasteiger partial charge on any atom is -0.393 e. The maximum absolute atomic E-state index is 12.0. The van der Waals surface area contributed by atoms with Gasteiger partial charge in [0, 0.05) is 18.6 Å². The van der Waals surface area contributed by atoms with Crippen LogP contribution in [0.5, 0.6) is 0 Å². The Morgan fingerprint density at radius 3 is 2.72 bits per heavy atom. The number of pyridine rings is 2. The van der Waals surface area contributed by atoms with Gasteiger partial charge < -0.3 is 11.1 Å². The summed E-state index contributed by atoms with van der Waals surface area (Å²) < 4.78 is 0. The van der Waals surface area contributed by atoms with Crippen LogP contribution < -0.4 is 21.9 Å². The molecule has 126 valence electrons. The van der Waals surface area contributed by atoms with Crippen molar-refractivity contribution < 1.29 is 4.79 Å². The summed E-state index contributed by atoms with van der Waals surface area (Å²) in [5, 5.41) is 3.02. The van der Waals surface area contributed by atoms with E-state index in [1.54, 1.807) is 24.5 Å². The van der Waals surface area contributed by atoms with E-state index in [0.29, 0.717) is 17.2 Å². The first kappa shape index (κ1) is 16.1. The highest BCUT2D eigenvalue weighted by molar-refractivity contribution is 5.94. The summed E-state index contributed by atoms with van der Waals surface area (Å²) in [6.07, 6.45) is 6.05. The van der Waals surface area contributed by atoms with E-state index in [0.717, 1.165) is 5.56 Å². The van der Waals surface area contributed by atoms with Crippen LogP contribution >= 0.6 is 0 Å². The van der Waals surface area contributed by atoms with Crippen LogP contribution in [0.3, 0.4) is 0 Å². The average Bonchev–Trinajstić information content (AvgIpc) is 2.63. The molecule has 0 aliphatic rings. The van der Waals surface area contributed by atoms with Crippen molar-refractivity contribution in [2.45, 2.75) is 6.92 Å². The van der Waals surface area contributed by atoms with Gasteiger partial charge in [-0.3, -0.25) is 20.6 Å². The largest absolute Gasteiger partial charge is 0.393 e. The molecule has 0 saturated heterocycles. The number of carbonyl (C=O) groups excluding carboxylic acids is 1. The lowest BCUT2D eigenvalue weighted by atomic mass is 10.3. The molecule has 0 aromatic carbocycles. The second kappa shape index (κ2) is 7.21. The number of nitrogens with two attached hydrogens (primary N) is 1. The summed E-state index contributed by atoms with van der Waals surface area (Å²) >= 11 is 0. The van der Waals surface area contributed by atoms with Crippen molar-refractivity contribution in [1.29, 1.82) is 0 Å². The van der Waals surface area contributed by atoms with E-state index in [1.165, 1.54) is 12.5 Å². The van der Waals surface area contributed by atoms with Gasteiger partial charge in [-0.05, 0) is 36.8 Å². The fourth-order valence-electron chi connectivity index (χ4n) is 2.01. The summed E-state index contributed by atoms with van der Waals surface area (Å²) in [6.45, 7) is 1.96. The van der Waals surface area contributed by atoms with Crippen molar-refractivity contribution in [3.05, 3.63) is 60.3 Å². The highest BCUT2D eigenvalue weighted by atomic mass is 16.2. The summed E-state index contributed by atoms with van der Waals surface area (Å²) in [6, 6.07) is 7.06. The molecule has 0 spiro atoms. The minimum absolute atomic E-state index is 0.247. The molecule has 3 aromatic heterocycles. The van der Waals surface area contributed by atoms with Gasteiger partial charge in [-0.1, -0.05) is 0 Å². The average molecular weight is 336 g/mol. The van der Waals surface area contributed by atoms with E-state index >= 15 is 0 Å². The Morgan fingerprint density at radius 1 is 1.12 bits per heavy atom. The molecule has 3 heterocycles. The molecule has 5 N–H and O–H groups in total. The van der Waals surface area contributed by atoms with Crippen molar-refractivity contribution in [2.75, 3.05) is 16.5 Å². The zero-order chi connectivity index (χ0) is 17.6. The summed E-state index contributed by atoms with van der Waals surface area (Å²) in [5.41, 5.74) is 13.0. The van der Waals surface area contributed by atoms with Gasteiger partial charge in [0.05, 0.1) is 5.56 Å². The first-order chi connectivity index (χ1) is 12.1. The number of hydrazine groups is 1. The molecule has 9 heteroatoms. The molecule has 3 rings (SSSR count). The number of anilines is 4. The topological polar surface area (TPSA) is 131 Å². The van der Waals surface area contributed by atoms with Crippen molar-refractivity contribution in [2.24, 2.45) is 0 Å². The maximum Gasteiger partial charge on any atom is 0.271 e. The van der Waals surface area contributed by atoms with Crippen LogP contribution in [-0.4, -0.2) is 25.8 Å². The monoisotopic (exact) mass is 336 g/mol. The third-order valence-corrected chi connectivity index (χ3v) is 3.26. The molecule has 0 aliphatic heterocycles. The molecular weight excluding hydrogens is 320 g/mol. The summed E-state index contributed by atoms with van der Waals surface area (Å²) in [7, 11) is 0. The molecule has 0 atom stereocenters. The number of nitrogens with one attached hydrogen (secondary N) is 3. The lowest BCUT2D eigenvalue weighted by molar-refractivity contribution is 0.0962. The predicted molar refractivity (Wildman–Crippen MR) is 94.0 cm³/mol. The van der Waals surface area contributed by atoms with Gasteiger partial charge in [-0.25, -0.2) is 15.0 Å². The number of aromatic nitrogens is 4. The minimum atomic E-state index is -0.360. The molecule has 0 radical (unpaired) electrons. The Balaban J connectivity index is 1.72. The molecule has 9 nitrogen and oxygen atoms in total. The van der Waals surface area contributed by atoms with E-state index in [4.69, 9.17) is 5.73 Å². The van der Waals surface area contributed by atoms with E-state index in [-0.39, 0.29) is 17.4 Å². The number of amides is 1. The zero-order valence-electron chi connectivity index (χ0n) is 13.4. The van der Waals surface area contributed by atoms with Gasteiger partial charge >= 0.3 is 0 Å². The van der Waals surface area contributed by atoms with Crippen LogP contribution in [0.15, 0.2) is 49.2 Å². The lowest BCUT2D eigenvalue weighted by Gasteiger charge is -2.13. The van der Waals surface area contributed by atoms with E-state index < -0.39 is 0 Å². The summed E-state index contributed by atoms with van der Waals surface area (Å²) in [5.74, 6) is 0.894. The molecule has 0 aliphatic carbocycles. The number of hydrogen-bond acceptors (Lipinski definition) is 8. The van der Waals surface area contributed by atoms with Crippen molar-refractivity contribution in [3.8, 4) is 0 Å². The van der Waals surface area contributed by atoms with Crippen molar-refractivity contribution in [3.63, 3.8) is 0 Å². The van der Waals surface area contributed by atoms with Crippen LogP contribution in [0.4, 0.5) is 23.1 Å². The number of nitrogens with zero attached hydrogens (tertiary/aromatic N) is 4. The third kappa shape index (κ3) is 3.96. The molecule has 0 bridgehead atoms. The van der Waals surface area contributed by atoms with Gasteiger partial charge in [0.15, 0.2) is 11.6 Å². The molecule has 0 fully saturated rings. The Labute approximate surface area is 143 Å². The molecule has 1 amide bonds. The Morgan fingerprint density at radius 2 is 1.96 bits per heavy atom. The Hall–Kier alpha value is -3.75. The van der Waals surface area contributed by atoms with E-state index in [9.17, 15) is 4.79 Å². The highest BCUT2D eigenvalue weighted by Crippen LogP contribution is 2.24. The molecule has 3 aromatic rings. The lowest BCUT2D eigenvalue weighted by Crippen LogP contribution is -2.30. The Bertz CT molecular complexity index is 884. The second-order valence-electron chi connectivity index (χ2n) is 5.15. The van der Waals surface area contributed by atoms with Gasteiger partial charge in [0.2, 0.25) is 0 Å². The quantitative estimate of drug-likeness (QED) is 0.517. The maximum atomic E-state index is 12.0. The molecule has 0 saturated carbocycles. The summed E-state index contributed by atoms with van der Waals surface area (Å²) in [4.78, 5) is 28.2. The van der Waals surface area contributed by atoms with Crippen molar-refractivity contribution >= 4 is 29.0 Å². The van der Waals surface area contributed by atoms with Crippen LogP contribution in [0.2, 0.25) is 0 Å². The number of carbonyl (C=O) groups is 1. The molecule has 0 unspecified atom stereocenters. The number of aryl methyl sites for hydroxylation is 1. The van der Waals surface area contributed by atoms with Crippen molar-refractivity contribution in [1.82, 2.24) is 25.4 Å². The number of hydrogen-bond donors (Lipinski definition) is 4. The standard InChI is InChI=1S/C16H16N8O/c1-10-4-6-19-12(7-10)22-14-13(17)15(21-9-20-14)23-24-16(25)11-3-2-5-18-8-11/h2-9H,17H2,1H3,(H,24,25)(H2,19,20,21,22,23). The Kier molecular flexibility index (Phi) is 4.65. The first-order valence-corrected chi connectivity index (χ1v) is 7.40. The third-order valence-electron chi connectivity index (χ3n) is 3.26. The molecular formula is C16H16N8O.